The van der Waals surface area contributed by atoms with E-state index in [2.05, 4.69) is 22.6 Å². The summed E-state index contributed by atoms with van der Waals surface area (Å²) in [4.78, 5) is 40.2. The number of amides is 1. The van der Waals surface area contributed by atoms with E-state index < -0.39 is 17.2 Å². The van der Waals surface area contributed by atoms with Gasteiger partial charge in [0.15, 0.2) is 0 Å². The lowest BCUT2D eigenvalue weighted by atomic mass is 9.89. The summed E-state index contributed by atoms with van der Waals surface area (Å²) in [6.07, 6.45) is 1.38. The summed E-state index contributed by atoms with van der Waals surface area (Å²) in [5.74, 6) is 0.243. The van der Waals surface area contributed by atoms with Crippen LogP contribution in [0.4, 0.5) is 0 Å². The van der Waals surface area contributed by atoms with Crippen LogP contribution < -0.4 is 0 Å². The van der Waals surface area contributed by atoms with Gasteiger partial charge in [-0.05, 0) is 34.7 Å². The number of benzene rings is 2. The van der Waals surface area contributed by atoms with Crippen LogP contribution in [0, 0.1) is 3.57 Å². The predicted octanol–water partition coefficient (Wildman–Crippen LogP) is 4.16. The van der Waals surface area contributed by atoms with Crippen molar-refractivity contribution in [1.29, 1.82) is 0 Å². The molecule has 1 fully saturated rings. The number of rotatable bonds is 1. The normalized spacial score (nSPS) is 20.0. The van der Waals surface area contributed by atoms with Gasteiger partial charge in [0.25, 0.3) is 5.91 Å². The van der Waals surface area contributed by atoms with Gasteiger partial charge in [-0.15, -0.1) is 11.8 Å². The average molecular weight is 531 g/mol. The molecule has 0 N–H and O–H groups in total. The largest absolute Gasteiger partial charge is 0.484 e. The van der Waals surface area contributed by atoms with E-state index in [0.717, 1.165) is 9.13 Å². The molecule has 7 heteroatoms. The fourth-order valence-electron chi connectivity index (χ4n) is 4.18. The first-order valence-electron chi connectivity index (χ1n) is 9.77. The zero-order valence-corrected chi connectivity index (χ0v) is 19.0. The zero-order valence-electron chi connectivity index (χ0n) is 16.0. The molecule has 2 aliphatic heterocycles. The van der Waals surface area contributed by atoms with Crippen LogP contribution in [0.3, 0.4) is 0 Å². The third-order valence-corrected chi connectivity index (χ3v) is 8.17. The number of nitrogens with zero attached hydrogens (tertiary/aromatic N) is 1. The molecule has 0 atom stereocenters. The van der Waals surface area contributed by atoms with Crippen molar-refractivity contribution in [2.75, 3.05) is 18.8 Å². The third kappa shape index (κ3) is 3.19. The first-order valence-corrected chi connectivity index (χ1v) is 11.8. The smallest absolute Gasteiger partial charge is 0.254 e. The van der Waals surface area contributed by atoms with Crippen LogP contribution in [0.2, 0.25) is 0 Å². The summed E-state index contributed by atoms with van der Waals surface area (Å²) in [5.41, 5.74) is 1.40. The molecule has 152 valence electrons. The van der Waals surface area contributed by atoms with Crippen LogP contribution in [-0.4, -0.2) is 46.8 Å². The molecule has 1 amide bonds. The SMILES string of the molecule is O=C1C(=O)c2ccccc2C2=C1SCC1(CCN(C(=O)c3ccccc3I)CC1)O2. The number of ketones is 2. The third-order valence-electron chi connectivity index (χ3n) is 5.90. The van der Waals surface area contributed by atoms with Gasteiger partial charge in [-0.1, -0.05) is 36.4 Å². The monoisotopic (exact) mass is 531 g/mol. The fourth-order valence-corrected chi connectivity index (χ4v) is 6.06. The Bertz CT molecular complexity index is 1120. The van der Waals surface area contributed by atoms with Crippen LogP contribution >= 0.6 is 34.4 Å². The molecular formula is C23H18INO4S. The number of Topliss-reactive ketones (excluding diaryl/α,β-unsaturated/α-hetero) is 2. The van der Waals surface area contributed by atoms with E-state index in [1.165, 1.54) is 11.8 Å². The summed E-state index contributed by atoms with van der Waals surface area (Å²) < 4.78 is 7.41. The van der Waals surface area contributed by atoms with Crippen molar-refractivity contribution < 1.29 is 19.1 Å². The highest BCUT2D eigenvalue weighted by Gasteiger charge is 2.46. The minimum Gasteiger partial charge on any atom is -0.484 e. The molecule has 0 saturated carbocycles. The van der Waals surface area contributed by atoms with Gasteiger partial charge >= 0.3 is 0 Å². The summed E-state index contributed by atoms with van der Waals surface area (Å²) in [6.45, 7) is 1.20. The van der Waals surface area contributed by atoms with Gasteiger partial charge < -0.3 is 9.64 Å². The Morgan fingerprint density at radius 2 is 1.63 bits per heavy atom. The Labute approximate surface area is 192 Å². The van der Waals surface area contributed by atoms with Crippen molar-refractivity contribution in [3.63, 3.8) is 0 Å². The predicted molar refractivity (Wildman–Crippen MR) is 123 cm³/mol. The number of ether oxygens (including phenoxy) is 1. The van der Waals surface area contributed by atoms with Crippen LogP contribution in [0.25, 0.3) is 5.76 Å². The van der Waals surface area contributed by atoms with Crippen LogP contribution in [-0.2, 0) is 9.53 Å². The second kappa shape index (κ2) is 7.53. The molecule has 3 aliphatic rings. The van der Waals surface area contributed by atoms with Gasteiger partial charge in [0, 0.05) is 46.4 Å². The molecule has 0 aromatic heterocycles. The van der Waals surface area contributed by atoms with E-state index in [9.17, 15) is 14.4 Å². The van der Waals surface area contributed by atoms with E-state index >= 15 is 0 Å². The van der Waals surface area contributed by atoms with Gasteiger partial charge in [0.1, 0.15) is 16.3 Å². The van der Waals surface area contributed by atoms with Gasteiger partial charge in [0.2, 0.25) is 11.6 Å². The van der Waals surface area contributed by atoms with Crippen molar-refractivity contribution >= 4 is 57.6 Å². The molecule has 1 aliphatic carbocycles. The number of halogens is 1. The van der Waals surface area contributed by atoms with Crippen molar-refractivity contribution in [2.45, 2.75) is 18.4 Å². The van der Waals surface area contributed by atoms with E-state index in [4.69, 9.17) is 4.74 Å². The average Bonchev–Trinajstić information content (AvgIpc) is 2.78. The van der Waals surface area contributed by atoms with Crippen LogP contribution in [0.5, 0.6) is 0 Å². The lowest BCUT2D eigenvalue weighted by Crippen LogP contribution is -2.51. The van der Waals surface area contributed by atoms with Gasteiger partial charge in [-0.25, -0.2) is 0 Å². The van der Waals surface area contributed by atoms with Crippen LogP contribution in [0.1, 0.15) is 39.1 Å². The lowest BCUT2D eigenvalue weighted by Gasteiger charge is -2.45. The van der Waals surface area contributed by atoms with Crippen molar-refractivity contribution in [3.05, 3.63) is 73.7 Å². The Kier molecular flexibility index (Phi) is 4.97. The lowest BCUT2D eigenvalue weighted by molar-refractivity contribution is -0.111. The number of allylic oxidation sites excluding steroid dienone is 1. The summed E-state index contributed by atoms with van der Waals surface area (Å²) >= 11 is 3.61. The number of thioether (sulfide) groups is 1. The maximum atomic E-state index is 12.9. The Hall–Kier alpha value is -2.13. The fraction of sp³-hybridized carbons (Fsp3) is 0.261. The second-order valence-electron chi connectivity index (χ2n) is 7.71. The zero-order chi connectivity index (χ0) is 20.9. The number of carbonyl (C=O) groups excluding carboxylic acids is 3. The molecule has 0 bridgehead atoms. The first-order chi connectivity index (χ1) is 14.5. The molecule has 0 unspecified atom stereocenters. The summed E-state index contributed by atoms with van der Waals surface area (Å²) in [6, 6.07) is 14.7. The van der Waals surface area contributed by atoms with Crippen molar-refractivity contribution in [3.8, 4) is 0 Å². The molecule has 0 radical (unpaired) electrons. The van der Waals surface area contributed by atoms with E-state index in [1.54, 1.807) is 12.1 Å². The maximum absolute atomic E-state index is 12.9. The number of hydrogen-bond donors (Lipinski definition) is 0. The molecule has 1 spiro atoms. The highest BCUT2D eigenvalue weighted by atomic mass is 127. The molecule has 2 heterocycles. The molecule has 5 rings (SSSR count). The van der Waals surface area contributed by atoms with Crippen molar-refractivity contribution in [2.24, 2.45) is 0 Å². The Morgan fingerprint density at radius 1 is 0.967 bits per heavy atom. The highest BCUT2D eigenvalue weighted by molar-refractivity contribution is 14.1. The maximum Gasteiger partial charge on any atom is 0.254 e. The highest BCUT2D eigenvalue weighted by Crippen LogP contribution is 2.47. The number of piperidine rings is 1. The van der Waals surface area contributed by atoms with Gasteiger partial charge in [-0.2, -0.15) is 0 Å². The number of likely N-dealkylation sites (tertiary alicyclic amines) is 1. The van der Waals surface area contributed by atoms with Gasteiger partial charge in [-0.3, -0.25) is 14.4 Å². The Balaban J connectivity index is 1.37. The molecular weight excluding hydrogens is 513 g/mol. The quantitative estimate of drug-likeness (QED) is 0.409. The van der Waals surface area contributed by atoms with Gasteiger partial charge in [0.05, 0.1) is 5.56 Å². The van der Waals surface area contributed by atoms with E-state index in [-0.39, 0.29) is 5.91 Å². The number of hydrogen-bond acceptors (Lipinski definition) is 5. The second-order valence-corrected chi connectivity index (χ2v) is 9.86. The molecule has 5 nitrogen and oxygen atoms in total. The van der Waals surface area contributed by atoms with E-state index in [1.807, 2.05) is 41.3 Å². The first kappa shape index (κ1) is 19.8. The number of fused-ring (bicyclic) bond motifs is 2. The topological polar surface area (TPSA) is 63.7 Å². The minimum atomic E-state index is -0.477. The van der Waals surface area contributed by atoms with Crippen molar-refractivity contribution in [1.82, 2.24) is 4.90 Å². The summed E-state index contributed by atoms with van der Waals surface area (Å²) in [7, 11) is 0. The summed E-state index contributed by atoms with van der Waals surface area (Å²) in [5, 5.41) is 0. The minimum absolute atomic E-state index is 0.0435. The molecule has 2 aromatic rings. The standard InChI is InChI=1S/C23H18INO4S/c24-17-8-4-3-7-16(17)22(28)25-11-9-23(10-12-25)13-30-21-19(27)18(26)14-5-1-2-6-15(14)20(21)29-23/h1-8H,9-13H2. The Morgan fingerprint density at radius 3 is 2.37 bits per heavy atom. The van der Waals surface area contributed by atoms with E-state index in [0.29, 0.717) is 53.5 Å². The van der Waals surface area contributed by atoms with Crippen LogP contribution in [0.15, 0.2) is 53.4 Å². The molecule has 2 aromatic carbocycles. The molecule has 1 saturated heterocycles. The molecule has 30 heavy (non-hydrogen) atoms. The number of carbonyl (C=O) groups is 3.